The van der Waals surface area contributed by atoms with E-state index in [-0.39, 0.29) is 0 Å². The van der Waals surface area contributed by atoms with Crippen molar-refractivity contribution in [3.63, 3.8) is 0 Å². The monoisotopic (exact) mass is 568 g/mol. The minimum Gasteiger partial charge on any atom is -0.311 e. The summed E-state index contributed by atoms with van der Waals surface area (Å²) < 4.78 is 11.7. The Morgan fingerprint density at radius 3 is 1.65 bits per heavy atom. The van der Waals surface area contributed by atoms with Crippen LogP contribution in [0.4, 0.5) is 17.1 Å². The van der Waals surface area contributed by atoms with Crippen molar-refractivity contribution in [1.82, 2.24) is 13.3 Å². The number of rotatable bonds is 4. The van der Waals surface area contributed by atoms with Crippen LogP contribution in [-0.4, -0.2) is 13.3 Å². The van der Waals surface area contributed by atoms with Crippen LogP contribution in [0.25, 0.3) is 38.5 Å². The van der Waals surface area contributed by atoms with Crippen LogP contribution in [-0.2, 0) is 0 Å². The topological polar surface area (TPSA) is 34.0 Å². The number of fused-ring (bicyclic) bond motifs is 4. The van der Waals surface area contributed by atoms with Gasteiger partial charge >= 0.3 is 0 Å². The van der Waals surface area contributed by atoms with Gasteiger partial charge in [-0.1, -0.05) is 84.6 Å². The number of hydrogen-bond donors (Lipinski definition) is 0. The summed E-state index contributed by atoms with van der Waals surface area (Å²) >= 11 is 1.23. The molecule has 0 spiro atoms. The average molecular weight is 569 g/mol. The summed E-state index contributed by atoms with van der Waals surface area (Å²) in [6, 6.07) is 50.4. The van der Waals surface area contributed by atoms with Gasteiger partial charge < -0.3 is 9.47 Å². The van der Waals surface area contributed by atoms with Crippen LogP contribution in [0.15, 0.2) is 146 Å². The normalized spacial score (nSPS) is 11.1. The van der Waals surface area contributed by atoms with Crippen molar-refractivity contribution in [3.8, 4) is 17.5 Å². The maximum absolute atomic E-state index is 4.73. The van der Waals surface area contributed by atoms with Gasteiger partial charge in [-0.05, 0) is 72.8 Å². The molecule has 0 aliphatic carbocycles. The van der Waals surface area contributed by atoms with E-state index in [1.165, 1.54) is 22.5 Å². The van der Waals surface area contributed by atoms with E-state index in [1.807, 2.05) is 12.1 Å². The molecule has 4 nitrogen and oxygen atoms in total. The molecule has 0 aliphatic heterocycles. The van der Waals surface area contributed by atoms with Crippen LogP contribution >= 0.6 is 11.7 Å². The number of benzene rings is 6. The predicted octanol–water partition coefficient (Wildman–Crippen LogP) is 9.66. The van der Waals surface area contributed by atoms with Crippen LogP contribution in [0, 0.1) is 11.8 Å². The van der Waals surface area contributed by atoms with Crippen molar-refractivity contribution in [1.29, 1.82) is 0 Å². The van der Waals surface area contributed by atoms with E-state index in [0.717, 1.165) is 55.9 Å². The quantitative estimate of drug-likeness (QED) is 0.198. The van der Waals surface area contributed by atoms with E-state index in [1.54, 1.807) is 0 Å². The van der Waals surface area contributed by atoms with Gasteiger partial charge in [-0.2, -0.15) is 8.75 Å². The lowest BCUT2D eigenvalue weighted by atomic mass is 10.1. The second kappa shape index (κ2) is 10.6. The third kappa shape index (κ3) is 4.42. The van der Waals surface area contributed by atoms with Crippen molar-refractivity contribution in [3.05, 3.63) is 157 Å². The van der Waals surface area contributed by atoms with E-state index in [2.05, 4.69) is 159 Å². The molecule has 0 saturated heterocycles. The molecule has 2 heterocycles. The molecule has 8 aromatic rings. The lowest BCUT2D eigenvalue weighted by Gasteiger charge is -2.25. The highest BCUT2D eigenvalue weighted by Crippen LogP contribution is 2.36. The third-order valence-corrected chi connectivity index (χ3v) is 8.24. The SMILES string of the molecule is C(#Cc1ccc(-n2c3ccccc3c3ccccc32)c2nsnc12)c1ccc(N(c2ccccc2)c2ccccc2)cc1. The van der Waals surface area contributed by atoms with Gasteiger partial charge in [-0.3, -0.25) is 0 Å². The Morgan fingerprint density at radius 2 is 1.02 bits per heavy atom. The first-order valence-electron chi connectivity index (χ1n) is 14.1. The number of anilines is 3. The minimum absolute atomic E-state index is 0.827. The lowest BCUT2D eigenvalue weighted by Crippen LogP contribution is -2.09. The molecule has 43 heavy (non-hydrogen) atoms. The molecule has 0 unspecified atom stereocenters. The maximum Gasteiger partial charge on any atom is 0.130 e. The lowest BCUT2D eigenvalue weighted by molar-refractivity contribution is 1.19. The molecule has 0 fully saturated rings. The fraction of sp³-hybridized carbons (Fsp3) is 0. The summed E-state index contributed by atoms with van der Waals surface area (Å²) in [5.74, 6) is 6.74. The van der Waals surface area contributed by atoms with Gasteiger partial charge in [0.15, 0.2) is 0 Å². The second-order valence-electron chi connectivity index (χ2n) is 10.3. The first-order chi connectivity index (χ1) is 21.3. The predicted molar refractivity (Wildman–Crippen MR) is 179 cm³/mol. The zero-order valence-corrected chi connectivity index (χ0v) is 23.9. The molecule has 6 aromatic carbocycles. The van der Waals surface area contributed by atoms with Gasteiger partial charge in [-0.15, -0.1) is 0 Å². The molecular weight excluding hydrogens is 545 g/mol. The molecule has 0 saturated carbocycles. The van der Waals surface area contributed by atoms with Crippen LogP contribution in [0.5, 0.6) is 0 Å². The Bertz CT molecular complexity index is 2200. The first kappa shape index (κ1) is 25.0. The second-order valence-corrected chi connectivity index (χ2v) is 10.8. The molecule has 0 N–H and O–H groups in total. The van der Waals surface area contributed by atoms with E-state index in [9.17, 15) is 0 Å². The highest BCUT2D eigenvalue weighted by Gasteiger charge is 2.17. The molecule has 202 valence electrons. The molecule has 0 atom stereocenters. The van der Waals surface area contributed by atoms with Crippen molar-refractivity contribution in [2.75, 3.05) is 4.90 Å². The molecule has 2 aromatic heterocycles. The van der Waals surface area contributed by atoms with E-state index in [4.69, 9.17) is 4.37 Å². The number of para-hydroxylation sites is 4. The van der Waals surface area contributed by atoms with Gasteiger partial charge in [0.1, 0.15) is 11.0 Å². The fourth-order valence-corrected chi connectivity index (χ4v) is 6.32. The summed E-state index contributed by atoms with van der Waals surface area (Å²) in [4.78, 5) is 2.25. The Hall–Kier alpha value is -5.70. The average Bonchev–Trinajstić information content (AvgIpc) is 3.70. The highest BCUT2D eigenvalue weighted by molar-refractivity contribution is 7.00. The smallest absolute Gasteiger partial charge is 0.130 e. The summed E-state index contributed by atoms with van der Waals surface area (Å²) in [6.07, 6.45) is 0. The van der Waals surface area contributed by atoms with Gasteiger partial charge in [0.2, 0.25) is 0 Å². The van der Waals surface area contributed by atoms with Gasteiger partial charge in [-0.25, -0.2) is 0 Å². The highest BCUT2D eigenvalue weighted by atomic mass is 32.1. The number of aromatic nitrogens is 3. The van der Waals surface area contributed by atoms with Crippen LogP contribution in [0.1, 0.15) is 11.1 Å². The largest absolute Gasteiger partial charge is 0.311 e. The van der Waals surface area contributed by atoms with Crippen molar-refractivity contribution >= 4 is 61.6 Å². The van der Waals surface area contributed by atoms with Crippen molar-refractivity contribution in [2.24, 2.45) is 0 Å². The summed E-state index contributed by atoms with van der Waals surface area (Å²) in [6.45, 7) is 0. The Balaban J connectivity index is 1.17. The van der Waals surface area contributed by atoms with Crippen molar-refractivity contribution in [2.45, 2.75) is 0 Å². The summed E-state index contributed by atoms with van der Waals surface area (Å²) in [5.41, 5.74) is 10.1. The van der Waals surface area contributed by atoms with Gasteiger partial charge in [0.05, 0.1) is 34.0 Å². The number of nitrogens with zero attached hydrogens (tertiary/aromatic N) is 4. The third-order valence-electron chi connectivity index (χ3n) is 7.71. The first-order valence-corrected chi connectivity index (χ1v) is 14.8. The molecule has 0 radical (unpaired) electrons. The van der Waals surface area contributed by atoms with Crippen LogP contribution in [0.2, 0.25) is 0 Å². The van der Waals surface area contributed by atoms with Gasteiger partial charge in [0, 0.05) is 33.4 Å². The Labute approximate surface area is 253 Å². The van der Waals surface area contributed by atoms with Crippen molar-refractivity contribution < 1.29 is 0 Å². The Morgan fingerprint density at radius 1 is 0.488 bits per heavy atom. The molecule has 0 bridgehead atoms. The van der Waals surface area contributed by atoms with E-state index >= 15 is 0 Å². The zero-order valence-electron chi connectivity index (χ0n) is 23.1. The van der Waals surface area contributed by atoms with E-state index in [0.29, 0.717) is 0 Å². The van der Waals surface area contributed by atoms with Crippen LogP contribution in [0.3, 0.4) is 0 Å². The minimum atomic E-state index is 0.827. The molecule has 0 amide bonds. The molecular formula is C38H24N4S. The number of hydrogen-bond acceptors (Lipinski definition) is 4. The molecule has 8 rings (SSSR count). The van der Waals surface area contributed by atoms with E-state index < -0.39 is 0 Å². The summed E-state index contributed by atoms with van der Waals surface area (Å²) in [5, 5.41) is 2.44. The Kier molecular flexibility index (Phi) is 6.18. The van der Waals surface area contributed by atoms with Crippen LogP contribution < -0.4 is 4.90 Å². The van der Waals surface area contributed by atoms with Gasteiger partial charge in [0.25, 0.3) is 0 Å². The fourth-order valence-electron chi connectivity index (χ4n) is 5.75. The molecule has 0 aliphatic rings. The molecule has 5 heteroatoms. The zero-order chi connectivity index (χ0) is 28.6. The maximum atomic E-state index is 4.73. The standard InChI is InChI=1S/C38H24N4S/c1-3-11-29(12-4-1)41(30-13-5-2-6-14-30)31-24-20-27(21-25-31)19-22-28-23-26-36(38-37(28)39-43-40-38)42-34-17-9-7-15-32(34)33-16-8-10-18-35(33)42/h1-18,20-21,23-26H. The summed E-state index contributed by atoms with van der Waals surface area (Å²) in [7, 11) is 0.